The number of fused-ring (bicyclic) bond motifs is 4. The number of hydrogen-bond donors (Lipinski definition) is 0. The summed E-state index contributed by atoms with van der Waals surface area (Å²) in [4.78, 5) is 36.2. The molecule has 4 rings (SSSR count). The third kappa shape index (κ3) is 1.48. The van der Waals surface area contributed by atoms with Gasteiger partial charge >= 0.3 is 5.97 Å². The number of para-hydroxylation sites is 1. The molecule has 0 amide bonds. The van der Waals surface area contributed by atoms with E-state index < -0.39 is 23.6 Å². The van der Waals surface area contributed by atoms with Crippen LogP contribution in [0.5, 0.6) is 0 Å². The number of esters is 1. The maximum Gasteiger partial charge on any atom is 0.374 e. The van der Waals surface area contributed by atoms with E-state index in [4.69, 9.17) is 4.74 Å². The summed E-state index contributed by atoms with van der Waals surface area (Å²) >= 11 is 0. The maximum atomic E-state index is 12.8. The quantitative estimate of drug-likeness (QED) is 0.539. The molecule has 0 radical (unpaired) electrons. The Kier molecular flexibility index (Phi) is 2.37. The highest BCUT2D eigenvalue weighted by molar-refractivity contribution is 6.36. The monoisotopic (exact) mass is 283 g/mol. The van der Waals surface area contributed by atoms with Crippen LogP contribution in [-0.2, 0) is 27.8 Å². The van der Waals surface area contributed by atoms with Crippen molar-refractivity contribution in [1.82, 2.24) is 4.57 Å². The van der Waals surface area contributed by atoms with Gasteiger partial charge in [0.15, 0.2) is 5.78 Å². The van der Waals surface area contributed by atoms with E-state index in [0.29, 0.717) is 12.0 Å². The highest BCUT2D eigenvalue weighted by Gasteiger charge is 2.47. The van der Waals surface area contributed by atoms with Gasteiger partial charge in [0.25, 0.3) is 0 Å². The van der Waals surface area contributed by atoms with Crippen molar-refractivity contribution in [3.8, 4) is 0 Å². The van der Waals surface area contributed by atoms with Crippen LogP contribution in [0, 0.1) is 11.8 Å². The summed E-state index contributed by atoms with van der Waals surface area (Å²) in [7, 11) is 1.89. The minimum atomic E-state index is -0.814. The summed E-state index contributed by atoms with van der Waals surface area (Å²) in [5.74, 6) is -2.58. The molecule has 2 unspecified atom stereocenters. The number of benzene rings is 1. The molecule has 1 aromatic carbocycles. The highest BCUT2D eigenvalue weighted by atomic mass is 16.5. The van der Waals surface area contributed by atoms with Crippen molar-refractivity contribution >= 4 is 28.4 Å². The summed E-state index contributed by atoms with van der Waals surface area (Å²) in [5, 5.41) is 0.905. The molecule has 5 nitrogen and oxygen atoms in total. The van der Waals surface area contributed by atoms with Gasteiger partial charge < -0.3 is 9.30 Å². The van der Waals surface area contributed by atoms with E-state index in [0.717, 1.165) is 16.6 Å². The molecule has 0 spiro atoms. The Morgan fingerprint density at radius 2 is 1.86 bits per heavy atom. The van der Waals surface area contributed by atoms with Crippen LogP contribution in [0.25, 0.3) is 10.9 Å². The second-order valence-corrected chi connectivity index (χ2v) is 5.64. The molecule has 2 heterocycles. The molecule has 0 N–H and O–H groups in total. The normalized spacial score (nSPS) is 24.7. The van der Waals surface area contributed by atoms with Gasteiger partial charge in [0, 0.05) is 35.1 Å². The average Bonchev–Trinajstić information content (AvgIpc) is 2.78. The Morgan fingerprint density at radius 1 is 1.10 bits per heavy atom. The molecule has 5 heteroatoms. The summed E-state index contributed by atoms with van der Waals surface area (Å²) in [6.45, 7) is 0.0106. The first-order valence-electron chi connectivity index (χ1n) is 6.91. The molecule has 0 saturated carbocycles. The van der Waals surface area contributed by atoms with Crippen LogP contribution in [0.1, 0.15) is 16.1 Å². The van der Waals surface area contributed by atoms with Crippen LogP contribution in [0.2, 0.25) is 0 Å². The van der Waals surface area contributed by atoms with Gasteiger partial charge in [-0.1, -0.05) is 18.2 Å². The molecular weight excluding hydrogens is 270 g/mol. The molecular formula is C16H13NO4. The van der Waals surface area contributed by atoms with Crippen LogP contribution in [-0.4, -0.2) is 28.7 Å². The first-order chi connectivity index (χ1) is 10.1. The van der Waals surface area contributed by atoms with Crippen molar-refractivity contribution in [1.29, 1.82) is 0 Å². The van der Waals surface area contributed by atoms with Gasteiger partial charge in [-0.05, 0) is 12.5 Å². The average molecular weight is 283 g/mol. The number of ketones is 2. The number of carbonyl (C=O) groups is 3. The van der Waals surface area contributed by atoms with E-state index in [2.05, 4.69) is 0 Å². The summed E-state index contributed by atoms with van der Waals surface area (Å²) in [5.41, 5.74) is 2.49. The van der Waals surface area contributed by atoms with Gasteiger partial charge in [-0.3, -0.25) is 9.59 Å². The maximum absolute atomic E-state index is 12.8. The zero-order valence-electron chi connectivity index (χ0n) is 11.5. The number of aryl methyl sites for hydroxylation is 1. The lowest BCUT2D eigenvalue weighted by Gasteiger charge is -2.32. The van der Waals surface area contributed by atoms with Crippen LogP contribution in [0.3, 0.4) is 0 Å². The fourth-order valence-corrected chi connectivity index (χ4v) is 3.53. The molecule has 106 valence electrons. The van der Waals surface area contributed by atoms with Crippen molar-refractivity contribution in [2.24, 2.45) is 18.9 Å². The van der Waals surface area contributed by atoms with Crippen molar-refractivity contribution < 1.29 is 19.1 Å². The number of hydrogen-bond acceptors (Lipinski definition) is 4. The summed E-state index contributed by atoms with van der Waals surface area (Å²) in [6, 6.07) is 7.69. The number of carbonyl (C=O) groups excluding carboxylic acids is 3. The van der Waals surface area contributed by atoms with E-state index in [1.54, 1.807) is 0 Å². The molecule has 21 heavy (non-hydrogen) atoms. The predicted octanol–water partition coefficient (Wildman–Crippen LogP) is 1.28. The van der Waals surface area contributed by atoms with Crippen molar-refractivity contribution in [3.05, 3.63) is 35.5 Å². The lowest BCUT2D eigenvalue weighted by molar-refractivity contribution is -0.162. The minimum Gasteiger partial charge on any atom is -0.459 e. The Bertz CT molecular complexity index is 817. The molecule has 0 bridgehead atoms. The number of nitrogens with zero attached hydrogens (tertiary/aromatic N) is 1. The molecule has 1 aliphatic carbocycles. The number of rotatable bonds is 0. The number of aromatic nitrogens is 1. The van der Waals surface area contributed by atoms with Gasteiger partial charge in [-0.2, -0.15) is 0 Å². The van der Waals surface area contributed by atoms with Crippen LogP contribution >= 0.6 is 0 Å². The summed E-state index contributed by atoms with van der Waals surface area (Å²) < 4.78 is 6.80. The highest BCUT2D eigenvalue weighted by Crippen LogP contribution is 2.38. The fraction of sp³-hybridized carbons (Fsp3) is 0.312. The van der Waals surface area contributed by atoms with Crippen LogP contribution < -0.4 is 0 Å². The smallest absolute Gasteiger partial charge is 0.374 e. The van der Waals surface area contributed by atoms with Gasteiger partial charge in [0.1, 0.15) is 6.61 Å². The first-order valence-corrected chi connectivity index (χ1v) is 6.91. The molecule has 1 aromatic heterocycles. The Hall–Kier alpha value is -2.43. The Balaban J connectivity index is 1.96. The molecule has 2 atom stereocenters. The van der Waals surface area contributed by atoms with E-state index >= 15 is 0 Å². The van der Waals surface area contributed by atoms with Crippen LogP contribution in [0.4, 0.5) is 0 Å². The Morgan fingerprint density at radius 3 is 2.67 bits per heavy atom. The van der Waals surface area contributed by atoms with Crippen molar-refractivity contribution in [2.75, 3.05) is 6.61 Å². The zero-order chi connectivity index (χ0) is 14.7. The number of cyclic esters (lactones) is 1. The molecule has 2 aliphatic rings. The third-order valence-electron chi connectivity index (χ3n) is 4.64. The van der Waals surface area contributed by atoms with Gasteiger partial charge in [-0.15, -0.1) is 0 Å². The lowest BCUT2D eigenvalue weighted by Crippen LogP contribution is -2.47. The SMILES string of the molecule is Cn1c2c(c3ccccc31)C(=O)C1COC(=O)C(=O)C1C2. The second-order valence-electron chi connectivity index (χ2n) is 5.64. The molecule has 2 aromatic rings. The first kappa shape index (κ1) is 12.3. The topological polar surface area (TPSA) is 65.4 Å². The van der Waals surface area contributed by atoms with Crippen molar-refractivity contribution in [3.63, 3.8) is 0 Å². The Labute approximate surface area is 120 Å². The summed E-state index contributed by atoms with van der Waals surface area (Å²) in [6.07, 6.45) is 0.421. The van der Waals surface area contributed by atoms with E-state index in [1.165, 1.54) is 0 Å². The minimum absolute atomic E-state index is 0.0106. The van der Waals surface area contributed by atoms with Gasteiger partial charge in [-0.25, -0.2) is 4.79 Å². The standard InChI is InChI=1S/C16H13NO4/c1-17-11-5-3-2-4-8(11)13-12(17)6-9-10(14(13)18)7-21-16(20)15(9)19/h2-5,9-10H,6-7H2,1H3. The van der Waals surface area contributed by atoms with Crippen LogP contribution in [0.15, 0.2) is 24.3 Å². The van der Waals surface area contributed by atoms with E-state index in [9.17, 15) is 14.4 Å². The molecule has 1 saturated heterocycles. The third-order valence-corrected chi connectivity index (χ3v) is 4.64. The van der Waals surface area contributed by atoms with Gasteiger partial charge in [0.2, 0.25) is 5.78 Å². The zero-order valence-corrected chi connectivity index (χ0v) is 11.5. The van der Waals surface area contributed by atoms with Crippen molar-refractivity contribution in [2.45, 2.75) is 6.42 Å². The fourth-order valence-electron chi connectivity index (χ4n) is 3.53. The van der Waals surface area contributed by atoms with E-state index in [1.807, 2.05) is 35.9 Å². The molecule has 1 aliphatic heterocycles. The number of Topliss-reactive ketones (excluding diaryl/α,β-unsaturated/α-hetero) is 2. The lowest BCUT2D eigenvalue weighted by atomic mass is 9.74. The largest absolute Gasteiger partial charge is 0.459 e. The van der Waals surface area contributed by atoms with E-state index in [-0.39, 0.29) is 12.4 Å². The number of ether oxygens (including phenoxy) is 1. The predicted molar refractivity (Wildman–Crippen MR) is 73.9 cm³/mol. The van der Waals surface area contributed by atoms with Gasteiger partial charge in [0.05, 0.1) is 5.92 Å². The second kappa shape index (κ2) is 4.04. The molecule has 1 fully saturated rings.